The molecule has 0 unspecified atom stereocenters. The van der Waals surface area contributed by atoms with E-state index in [9.17, 15) is 9.59 Å². The van der Waals surface area contributed by atoms with E-state index < -0.39 is 5.54 Å². The topological polar surface area (TPSA) is 64.7 Å². The lowest BCUT2D eigenvalue weighted by Crippen LogP contribution is -2.57. The van der Waals surface area contributed by atoms with Crippen molar-refractivity contribution in [3.05, 3.63) is 64.1 Å². The van der Waals surface area contributed by atoms with Gasteiger partial charge in [0.1, 0.15) is 5.54 Å². The maximum absolute atomic E-state index is 12.7. The van der Waals surface area contributed by atoms with Gasteiger partial charge in [0.05, 0.1) is 6.67 Å². The minimum atomic E-state index is -0.573. The van der Waals surface area contributed by atoms with Gasteiger partial charge < -0.3 is 15.5 Å². The highest BCUT2D eigenvalue weighted by Gasteiger charge is 2.50. The predicted octanol–water partition coefficient (Wildman–Crippen LogP) is 3.95. The number of rotatable bonds is 3. The predicted molar refractivity (Wildman–Crippen MR) is 114 cm³/mol. The fourth-order valence-electron chi connectivity index (χ4n) is 4.00. The Kier molecular flexibility index (Phi) is 5.67. The molecule has 2 aromatic rings. The van der Waals surface area contributed by atoms with Crippen LogP contribution in [0.1, 0.15) is 18.4 Å². The molecule has 8 heteroatoms. The molecular formula is C21H22Cl2N4O2. The molecule has 2 saturated heterocycles. The van der Waals surface area contributed by atoms with E-state index in [2.05, 4.69) is 15.5 Å². The molecule has 2 fully saturated rings. The Morgan fingerprint density at radius 2 is 1.59 bits per heavy atom. The smallest absolute Gasteiger partial charge is 0.321 e. The van der Waals surface area contributed by atoms with Crippen LogP contribution in [0.25, 0.3) is 0 Å². The van der Waals surface area contributed by atoms with Crippen LogP contribution < -0.4 is 10.6 Å². The lowest BCUT2D eigenvalue weighted by Gasteiger charge is -2.42. The Morgan fingerprint density at radius 3 is 2.21 bits per heavy atom. The van der Waals surface area contributed by atoms with Crippen molar-refractivity contribution < 1.29 is 9.59 Å². The summed E-state index contributed by atoms with van der Waals surface area (Å²) < 4.78 is 0. The number of benzene rings is 2. The van der Waals surface area contributed by atoms with Gasteiger partial charge in [-0.3, -0.25) is 9.69 Å². The van der Waals surface area contributed by atoms with E-state index in [1.807, 2.05) is 24.3 Å². The van der Waals surface area contributed by atoms with E-state index in [4.69, 9.17) is 23.2 Å². The summed E-state index contributed by atoms with van der Waals surface area (Å²) >= 11 is 11.9. The average Bonchev–Trinajstić information content (AvgIpc) is 3.01. The van der Waals surface area contributed by atoms with E-state index in [1.54, 1.807) is 29.2 Å². The third-order valence-corrected chi connectivity index (χ3v) is 6.22. The first-order valence-electron chi connectivity index (χ1n) is 9.56. The van der Waals surface area contributed by atoms with Crippen molar-refractivity contribution in [1.29, 1.82) is 0 Å². The number of hydrogen-bond acceptors (Lipinski definition) is 3. The van der Waals surface area contributed by atoms with E-state index >= 15 is 0 Å². The number of likely N-dealkylation sites (tertiary alicyclic amines) is 1. The zero-order valence-corrected chi connectivity index (χ0v) is 17.3. The fraction of sp³-hybridized carbons (Fsp3) is 0.333. The number of hydrogen-bond donors (Lipinski definition) is 2. The Morgan fingerprint density at radius 1 is 1.00 bits per heavy atom. The van der Waals surface area contributed by atoms with Crippen molar-refractivity contribution in [1.82, 2.24) is 15.1 Å². The molecule has 2 aromatic carbocycles. The highest BCUT2D eigenvalue weighted by Crippen LogP contribution is 2.34. The number of piperidine rings is 1. The third-order valence-electron chi connectivity index (χ3n) is 5.72. The average molecular weight is 433 g/mol. The summed E-state index contributed by atoms with van der Waals surface area (Å²) in [6, 6.07) is 14.5. The standard InChI is InChI=1S/C21H22Cl2N4O2/c22-16-3-1-15(2-4-16)13-27-14-24-19(28)21(27)9-11-26(12-10-21)20(29)25-18-7-5-17(23)6-8-18/h1-8H,9-14H2,(H,24,28)(H,25,29). The second-order valence-electron chi connectivity index (χ2n) is 7.44. The van der Waals surface area contributed by atoms with Gasteiger partial charge in [-0.25, -0.2) is 4.79 Å². The molecule has 3 amide bonds. The molecule has 0 saturated carbocycles. The van der Waals surface area contributed by atoms with Crippen LogP contribution in [0.3, 0.4) is 0 Å². The Bertz CT molecular complexity index is 894. The van der Waals surface area contributed by atoms with Crippen LogP contribution in [0.4, 0.5) is 10.5 Å². The maximum atomic E-state index is 12.7. The number of nitrogens with zero attached hydrogens (tertiary/aromatic N) is 2. The van der Waals surface area contributed by atoms with E-state index in [-0.39, 0.29) is 11.9 Å². The van der Waals surface area contributed by atoms with Gasteiger partial charge in [-0.05, 0) is 54.8 Å². The van der Waals surface area contributed by atoms with Crippen LogP contribution in [-0.4, -0.2) is 47.0 Å². The summed E-state index contributed by atoms with van der Waals surface area (Å²) in [6.45, 7) is 2.21. The third kappa shape index (κ3) is 4.20. The van der Waals surface area contributed by atoms with Gasteiger partial charge >= 0.3 is 6.03 Å². The van der Waals surface area contributed by atoms with Crippen LogP contribution in [-0.2, 0) is 11.3 Å². The second kappa shape index (κ2) is 8.22. The molecule has 1 spiro atoms. The Hall–Kier alpha value is -2.28. The molecule has 152 valence electrons. The second-order valence-corrected chi connectivity index (χ2v) is 8.32. The highest BCUT2D eigenvalue weighted by molar-refractivity contribution is 6.30. The molecule has 4 rings (SSSR count). The molecule has 2 N–H and O–H groups in total. The molecular weight excluding hydrogens is 411 g/mol. The van der Waals surface area contributed by atoms with E-state index in [0.29, 0.717) is 54.9 Å². The van der Waals surface area contributed by atoms with Crippen LogP contribution >= 0.6 is 23.2 Å². The minimum absolute atomic E-state index is 0.0456. The molecule has 2 aliphatic heterocycles. The number of carbonyl (C=O) groups excluding carboxylic acids is 2. The van der Waals surface area contributed by atoms with E-state index in [1.165, 1.54) is 0 Å². The Balaban J connectivity index is 1.40. The monoisotopic (exact) mass is 432 g/mol. The summed E-state index contributed by atoms with van der Waals surface area (Å²) in [5.41, 5.74) is 1.23. The number of nitrogens with one attached hydrogen (secondary N) is 2. The largest absolute Gasteiger partial charge is 0.342 e. The van der Waals surface area contributed by atoms with Gasteiger partial charge in [0.25, 0.3) is 0 Å². The number of amides is 3. The molecule has 29 heavy (non-hydrogen) atoms. The van der Waals surface area contributed by atoms with Gasteiger partial charge in [0.15, 0.2) is 0 Å². The molecule has 0 aromatic heterocycles. The van der Waals surface area contributed by atoms with E-state index in [0.717, 1.165) is 5.56 Å². The summed E-state index contributed by atoms with van der Waals surface area (Å²) in [4.78, 5) is 29.2. The first-order valence-corrected chi connectivity index (χ1v) is 10.3. The molecule has 0 atom stereocenters. The molecule has 6 nitrogen and oxygen atoms in total. The lowest BCUT2D eigenvalue weighted by atomic mass is 9.86. The van der Waals surface area contributed by atoms with Gasteiger partial charge in [-0.2, -0.15) is 0 Å². The molecule has 0 radical (unpaired) electrons. The molecule has 2 heterocycles. The fourth-order valence-corrected chi connectivity index (χ4v) is 4.25. The van der Waals surface area contributed by atoms with Crippen LogP contribution in [0.2, 0.25) is 10.0 Å². The van der Waals surface area contributed by atoms with Gasteiger partial charge in [0, 0.05) is 35.4 Å². The van der Waals surface area contributed by atoms with Crippen LogP contribution in [0.15, 0.2) is 48.5 Å². The minimum Gasteiger partial charge on any atom is -0.342 e. The Labute approximate surface area is 179 Å². The number of anilines is 1. The summed E-state index contributed by atoms with van der Waals surface area (Å²) in [5.74, 6) is 0.0456. The maximum Gasteiger partial charge on any atom is 0.321 e. The normalized spacial score (nSPS) is 18.7. The zero-order chi connectivity index (χ0) is 20.4. The number of halogens is 2. The SMILES string of the molecule is O=C(Nc1ccc(Cl)cc1)N1CCC2(CC1)C(=O)NCN2Cc1ccc(Cl)cc1. The number of carbonyl (C=O) groups is 2. The van der Waals surface area contributed by atoms with Gasteiger partial charge in [0.2, 0.25) is 5.91 Å². The van der Waals surface area contributed by atoms with Crippen molar-refractivity contribution in [2.45, 2.75) is 24.9 Å². The van der Waals surface area contributed by atoms with Crippen molar-refractivity contribution in [3.8, 4) is 0 Å². The summed E-state index contributed by atoms with van der Waals surface area (Å²) in [6.07, 6.45) is 1.20. The van der Waals surface area contributed by atoms with Crippen molar-refractivity contribution in [2.75, 3.05) is 25.1 Å². The van der Waals surface area contributed by atoms with Gasteiger partial charge in [-0.1, -0.05) is 35.3 Å². The quantitative estimate of drug-likeness (QED) is 0.771. The zero-order valence-electron chi connectivity index (χ0n) is 15.8. The first kappa shape index (κ1) is 20.0. The lowest BCUT2D eigenvalue weighted by molar-refractivity contribution is -0.129. The van der Waals surface area contributed by atoms with Crippen LogP contribution in [0.5, 0.6) is 0 Å². The van der Waals surface area contributed by atoms with Crippen molar-refractivity contribution in [3.63, 3.8) is 0 Å². The van der Waals surface area contributed by atoms with Crippen molar-refractivity contribution >= 4 is 40.8 Å². The molecule has 0 aliphatic carbocycles. The number of urea groups is 1. The summed E-state index contributed by atoms with van der Waals surface area (Å²) in [7, 11) is 0. The summed E-state index contributed by atoms with van der Waals surface area (Å²) in [5, 5.41) is 7.18. The molecule has 0 bridgehead atoms. The first-order chi connectivity index (χ1) is 14.0. The molecule has 2 aliphatic rings. The highest BCUT2D eigenvalue weighted by atomic mass is 35.5. The van der Waals surface area contributed by atoms with Crippen LogP contribution in [0, 0.1) is 0 Å². The van der Waals surface area contributed by atoms with Crippen molar-refractivity contribution in [2.24, 2.45) is 0 Å². The van der Waals surface area contributed by atoms with Gasteiger partial charge in [-0.15, -0.1) is 0 Å².